The zero-order valence-electron chi connectivity index (χ0n) is 15.0. The summed E-state index contributed by atoms with van der Waals surface area (Å²) in [4.78, 5) is 15.5. The molecule has 0 unspecified atom stereocenters. The minimum absolute atomic E-state index is 0.0833. The van der Waals surface area contributed by atoms with Crippen LogP contribution in [0.15, 0.2) is 28.9 Å². The van der Waals surface area contributed by atoms with Crippen LogP contribution in [0.4, 0.5) is 0 Å². The van der Waals surface area contributed by atoms with Gasteiger partial charge >= 0.3 is 0 Å². The molecule has 0 radical (unpaired) electrons. The Morgan fingerprint density at radius 3 is 2.88 bits per heavy atom. The van der Waals surface area contributed by atoms with Crippen LogP contribution in [0.1, 0.15) is 69.0 Å². The number of ether oxygens (including phenoxy) is 1. The van der Waals surface area contributed by atoms with E-state index in [1.54, 1.807) is 0 Å². The van der Waals surface area contributed by atoms with Crippen LogP contribution >= 0.6 is 0 Å². The van der Waals surface area contributed by atoms with Crippen molar-refractivity contribution in [3.05, 3.63) is 41.4 Å². The van der Waals surface area contributed by atoms with Crippen molar-refractivity contribution >= 4 is 5.91 Å². The third-order valence-electron chi connectivity index (χ3n) is 4.53. The quantitative estimate of drug-likeness (QED) is 0.832. The molecule has 1 N–H and O–H groups in total. The van der Waals surface area contributed by atoms with E-state index < -0.39 is 0 Å². The van der Waals surface area contributed by atoms with Crippen molar-refractivity contribution < 1.29 is 14.1 Å². The molecule has 1 atom stereocenters. The lowest BCUT2D eigenvalue weighted by Crippen LogP contribution is -2.32. The maximum Gasteiger partial charge on any atom is 0.217 e. The van der Waals surface area contributed by atoms with E-state index in [1.165, 1.54) is 12.5 Å². The first-order valence-corrected chi connectivity index (χ1v) is 8.90. The van der Waals surface area contributed by atoms with Crippen LogP contribution in [0.3, 0.4) is 0 Å². The van der Waals surface area contributed by atoms with E-state index in [9.17, 15) is 4.79 Å². The molecule has 1 aliphatic carbocycles. The summed E-state index contributed by atoms with van der Waals surface area (Å²) in [6.45, 7) is 5.53. The molecule has 0 bridgehead atoms. The molecular weight excluding hydrogens is 318 g/mol. The fourth-order valence-corrected chi connectivity index (χ4v) is 3.07. The molecule has 2 aromatic heterocycles. The predicted molar refractivity (Wildman–Crippen MR) is 93.4 cm³/mol. The molecule has 0 aliphatic heterocycles. The number of rotatable bonds is 7. The van der Waals surface area contributed by atoms with Gasteiger partial charge in [0.2, 0.25) is 11.8 Å². The number of hydrogen-bond acceptors (Lipinski definition) is 5. The van der Waals surface area contributed by atoms with Gasteiger partial charge in [-0.1, -0.05) is 24.6 Å². The molecular formula is C19H25N3O3. The highest BCUT2D eigenvalue weighted by atomic mass is 16.5. The molecule has 1 fully saturated rings. The molecule has 2 aromatic rings. The first kappa shape index (κ1) is 17.5. The Hall–Kier alpha value is -2.37. The Labute approximate surface area is 148 Å². The fourth-order valence-electron chi connectivity index (χ4n) is 3.07. The summed E-state index contributed by atoms with van der Waals surface area (Å²) >= 11 is 0. The average molecular weight is 343 g/mol. The van der Waals surface area contributed by atoms with Crippen LogP contribution in [0.5, 0.6) is 5.88 Å². The molecule has 134 valence electrons. The minimum Gasteiger partial charge on any atom is -0.474 e. The van der Waals surface area contributed by atoms with Gasteiger partial charge in [0, 0.05) is 31.2 Å². The number of nitrogens with one attached hydrogen (secondary N) is 1. The third-order valence-corrected chi connectivity index (χ3v) is 4.53. The number of carbonyl (C=O) groups excluding carboxylic acids is 1. The van der Waals surface area contributed by atoms with Gasteiger partial charge in [-0.2, -0.15) is 0 Å². The maximum absolute atomic E-state index is 11.1. The van der Waals surface area contributed by atoms with Crippen LogP contribution in [0.2, 0.25) is 0 Å². The van der Waals surface area contributed by atoms with Crippen LogP contribution in [-0.4, -0.2) is 22.2 Å². The topological polar surface area (TPSA) is 77.2 Å². The summed E-state index contributed by atoms with van der Waals surface area (Å²) in [5.74, 6) is 1.62. The van der Waals surface area contributed by atoms with Crippen LogP contribution in [0.25, 0.3) is 0 Å². The van der Waals surface area contributed by atoms with E-state index >= 15 is 0 Å². The maximum atomic E-state index is 11.1. The molecule has 2 heterocycles. The Morgan fingerprint density at radius 2 is 2.24 bits per heavy atom. The molecule has 6 nitrogen and oxygen atoms in total. The molecule has 3 rings (SSSR count). The smallest absolute Gasteiger partial charge is 0.217 e. The van der Waals surface area contributed by atoms with E-state index in [-0.39, 0.29) is 18.1 Å². The van der Waals surface area contributed by atoms with E-state index in [2.05, 4.69) is 28.4 Å². The number of hydrogen-bond donors (Lipinski definition) is 1. The summed E-state index contributed by atoms with van der Waals surface area (Å²) < 4.78 is 11.3. The highest BCUT2D eigenvalue weighted by molar-refractivity contribution is 5.73. The van der Waals surface area contributed by atoms with Crippen molar-refractivity contribution in [1.82, 2.24) is 15.5 Å². The zero-order chi connectivity index (χ0) is 17.8. The van der Waals surface area contributed by atoms with Gasteiger partial charge in [0.1, 0.15) is 6.10 Å². The Balaban J connectivity index is 1.49. The van der Waals surface area contributed by atoms with Crippen molar-refractivity contribution in [2.75, 3.05) is 0 Å². The summed E-state index contributed by atoms with van der Waals surface area (Å²) in [6, 6.07) is 5.78. The number of amides is 1. The summed E-state index contributed by atoms with van der Waals surface area (Å²) in [5.41, 5.74) is 2.17. The summed E-state index contributed by atoms with van der Waals surface area (Å²) in [6.07, 6.45) is 6.03. The number of pyridine rings is 1. The first-order chi connectivity index (χ1) is 12.0. The highest BCUT2D eigenvalue weighted by Crippen LogP contribution is 2.39. The van der Waals surface area contributed by atoms with E-state index in [4.69, 9.17) is 9.26 Å². The normalized spacial score (nSPS) is 20.6. The summed E-state index contributed by atoms with van der Waals surface area (Å²) in [7, 11) is 0. The highest BCUT2D eigenvalue weighted by Gasteiger charge is 2.34. The van der Waals surface area contributed by atoms with Gasteiger partial charge in [0.05, 0.1) is 11.7 Å². The van der Waals surface area contributed by atoms with Crippen LogP contribution in [0, 0.1) is 0 Å². The average Bonchev–Trinajstić information content (AvgIpc) is 3.01. The van der Waals surface area contributed by atoms with Gasteiger partial charge in [0.15, 0.2) is 5.76 Å². The van der Waals surface area contributed by atoms with Crippen molar-refractivity contribution in [2.24, 2.45) is 0 Å². The molecule has 1 amide bonds. The number of carbonyl (C=O) groups is 1. The largest absolute Gasteiger partial charge is 0.474 e. The van der Waals surface area contributed by atoms with Gasteiger partial charge in [0.25, 0.3) is 0 Å². The fraction of sp³-hybridized carbons (Fsp3) is 0.526. The van der Waals surface area contributed by atoms with Gasteiger partial charge in [-0.15, -0.1) is 0 Å². The van der Waals surface area contributed by atoms with Gasteiger partial charge in [-0.25, -0.2) is 4.98 Å². The van der Waals surface area contributed by atoms with Crippen molar-refractivity contribution in [3.8, 4) is 5.88 Å². The predicted octanol–water partition coefficient (Wildman–Crippen LogP) is 3.54. The Bertz CT molecular complexity index is 705. The molecule has 0 aromatic carbocycles. The lowest BCUT2D eigenvalue weighted by atomic mass is 9.80. The second-order valence-electron chi connectivity index (χ2n) is 6.74. The molecule has 1 saturated carbocycles. The van der Waals surface area contributed by atoms with Crippen molar-refractivity contribution in [1.29, 1.82) is 0 Å². The molecule has 6 heteroatoms. The monoisotopic (exact) mass is 343 g/mol. The molecule has 0 spiro atoms. The summed E-state index contributed by atoms with van der Waals surface area (Å²) in [5, 5.41) is 6.94. The molecule has 25 heavy (non-hydrogen) atoms. The number of aromatic nitrogens is 2. The van der Waals surface area contributed by atoms with Crippen LogP contribution < -0.4 is 10.1 Å². The SMILES string of the molecule is CCCc1ccc(OC2CC(c3cc([C@H](C)NC(C)=O)on3)C2)nc1. The van der Waals surface area contributed by atoms with Crippen molar-refractivity contribution in [2.45, 2.75) is 64.5 Å². The zero-order valence-corrected chi connectivity index (χ0v) is 15.0. The molecule has 0 saturated heterocycles. The second-order valence-corrected chi connectivity index (χ2v) is 6.74. The number of aryl methyl sites for hydroxylation is 1. The lowest BCUT2D eigenvalue weighted by Gasteiger charge is -2.33. The van der Waals surface area contributed by atoms with Crippen molar-refractivity contribution in [3.63, 3.8) is 0 Å². The Kier molecular flexibility index (Phi) is 5.36. The standard InChI is InChI=1S/C19H25N3O3/c1-4-5-14-6-7-19(20-11-14)24-16-8-15(9-16)17-10-18(25-22-17)12(2)21-13(3)23/h6-7,10-12,15-16H,4-5,8-9H2,1-3H3,(H,21,23)/t12-,15?,16?/m0/s1. The van der Waals surface area contributed by atoms with Gasteiger partial charge < -0.3 is 14.6 Å². The lowest BCUT2D eigenvalue weighted by molar-refractivity contribution is -0.119. The van der Waals surface area contributed by atoms with E-state index in [0.29, 0.717) is 17.6 Å². The first-order valence-electron chi connectivity index (χ1n) is 8.90. The molecule has 1 aliphatic rings. The third kappa shape index (κ3) is 4.38. The minimum atomic E-state index is -0.170. The number of nitrogens with zero attached hydrogens (tertiary/aromatic N) is 2. The van der Waals surface area contributed by atoms with Gasteiger partial charge in [-0.05, 0) is 31.7 Å². The Morgan fingerprint density at radius 1 is 1.44 bits per heavy atom. The van der Waals surface area contributed by atoms with Crippen LogP contribution in [-0.2, 0) is 11.2 Å². The van der Waals surface area contributed by atoms with E-state index in [1.807, 2.05) is 25.3 Å². The van der Waals surface area contributed by atoms with E-state index in [0.717, 1.165) is 31.4 Å². The van der Waals surface area contributed by atoms with Gasteiger partial charge in [-0.3, -0.25) is 4.79 Å². The second kappa shape index (κ2) is 7.68.